The van der Waals surface area contributed by atoms with Gasteiger partial charge in [0.25, 0.3) is 0 Å². The highest BCUT2D eigenvalue weighted by Gasteiger charge is 2.49. The number of hydrogen-bond donors (Lipinski definition) is 3. The molecule has 1 aliphatic heterocycles. The zero-order chi connectivity index (χ0) is 29.6. The van der Waals surface area contributed by atoms with Gasteiger partial charge < -0.3 is 19.8 Å². The van der Waals surface area contributed by atoms with E-state index < -0.39 is 32.8 Å². The first-order chi connectivity index (χ1) is 19.4. The number of nitrogens with zero attached hydrogens (tertiary/aromatic N) is 1. The monoisotopic (exact) mass is 602 g/mol. The Morgan fingerprint density at radius 3 is 2.71 bits per heavy atom. The van der Waals surface area contributed by atoms with Crippen molar-refractivity contribution in [2.75, 3.05) is 24.6 Å². The largest absolute Gasteiger partial charge is 0.490 e. The van der Waals surface area contributed by atoms with Gasteiger partial charge in [0.15, 0.2) is 0 Å². The van der Waals surface area contributed by atoms with Crippen molar-refractivity contribution in [3.63, 3.8) is 0 Å². The van der Waals surface area contributed by atoms with E-state index in [-0.39, 0.29) is 28.3 Å². The summed E-state index contributed by atoms with van der Waals surface area (Å²) in [6, 6.07) is 11.7. The highest BCUT2D eigenvalue weighted by atomic mass is 35.5. The Kier molecular flexibility index (Phi) is 8.20. The van der Waals surface area contributed by atoms with Gasteiger partial charge in [-0.25, -0.2) is 18.4 Å². The second kappa shape index (κ2) is 11.2. The number of aliphatic hydroxyl groups is 1. The lowest BCUT2D eigenvalue weighted by Crippen LogP contribution is -2.53. The first kappa shape index (κ1) is 29.9. The molecule has 1 spiro atoms. The lowest BCUT2D eigenvalue weighted by molar-refractivity contribution is -0.0469. The molecule has 0 saturated heterocycles. The maximum absolute atomic E-state index is 12.0. The van der Waals surface area contributed by atoms with Gasteiger partial charge >= 0.3 is 5.97 Å². The van der Waals surface area contributed by atoms with Crippen molar-refractivity contribution in [3.8, 4) is 5.75 Å². The number of allylic oxidation sites excluding steroid dienone is 1. The van der Waals surface area contributed by atoms with Crippen molar-refractivity contribution in [3.05, 3.63) is 70.3 Å². The fourth-order valence-corrected chi connectivity index (χ4v) is 7.55. The zero-order valence-corrected chi connectivity index (χ0v) is 25.1. The molecule has 10 heteroatoms. The maximum atomic E-state index is 12.0. The summed E-state index contributed by atoms with van der Waals surface area (Å²) in [5, 5.41) is 25.7. The van der Waals surface area contributed by atoms with Crippen molar-refractivity contribution < 1.29 is 28.2 Å². The van der Waals surface area contributed by atoms with E-state index in [9.17, 15) is 23.4 Å². The number of anilines is 1. The van der Waals surface area contributed by atoms with Gasteiger partial charge in [0, 0.05) is 23.9 Å². The fourth-order valence-electron chi connectivity index (χ4n) is 6.82. The number of benzene rings is 2. The first-order valence-electron chi connectivity index (χ1n) is 14.2. The predicted molar refractivity (Wildman–Crippen MR) is 160 cm³/mol. The van der Waals surface area contributed by atoms with Gasteiger partial charge in [0.2, 0.25) is 10.0 Å². The van der Waals surface area contributed by atoms with Gasteiger partial charge in [-0.1, -0.05) is 54.9 Å². The van der Waals surface area contributed by atoms with Gasteiger partial charge in [0.1, 0.15) is 5.75 Å². The molecule has 2 aromatic carbocycles. The normalized spacial score (nSPS) is 27.3. The summed E-state index contributed by atoms with van der Waals surface area (Å²) in [5.41, 5.74) is 2.47. The number of sulfonamides is 1. The Morgan fingerprint density at radius 1 is 1.27 bits per heavy atom. The summed E-state index contributed by atoms with van der Waals surface area (Å²) >= 11 is 6.81. The van der Waals surface area contributed by atoms with Crippen LogP contribution in [0.5, 0.6) is 5.75 Å². The predicted octanol–water partition coefficient (Wildman–Crippen LogP) is 4.91. The van der Waals surface area contributed by atoms with Gasteiger partial charge in [-0.3, -0.25) is 0 Å². The molecule has 0 bridgehead atoms. The van der Waals surface area contributed by atoms with Gasteiger partial charge in [-0.05, 0) is 74.6 Å². The van der Waals surface area contributed by atoms with Crippen LogP contribution in [0.1, 0.15) is 67.4 Å². The molecule has 2 aliphatic carbocycles. The number of primary sulfonamides is 1. The number of ether oxygens (including phenoxy) is 1. The van der Waals surface area contributed by atoms with Crippen LogP contribution in [0.25, 0.3) is 0 Å². The van der Waals surface area contributed by atoms with Crippen molar-refractivity contribution in [1.29, 1.82) is 0 Å². The molecule has 0 aromatic heterocycles. The zero-order valence-electron chi connectivity index (χ0n) is 23.6. The van der Waals surface area contributed by atoms with Crippen LogP contribution in [0.15, 0.2) is 48.6 Å². The van der Waals surface area contributed by atoms with E-state index in [1.54, 1.807) is 25.1 Å². The van der Waals surface area contributed by atoms with E-state index in [1.807, 2.05) is 0 Å². The Morgan fingerprint density at radius 2 is 2.02 bits per heavy atom. The molecule has 41 heavy (non-hydrogen) atoms. The van der Waals surface area contributed by atoms with Crippen LogP contribution < -0.4 is 14.8 Å². The number of carbonyl (C=O) groups is 1. The quantitative estimate of drug-likeness (QED) is 0.366. The van der Waals surface area contributed by atoms with E-state index in [1.165, 1.54) is 17.2 Å². The second-order valence-corrected chi connectivity index (χ2v) is 14.6. The Bertz CT molecular complexity index is 1460. The number of aliphatic hydroxyl groups excluding tert-OH is 1. The first-order valence-corrected chi connectivity index (χ1v) is 16.2. The molecule has 4 N–H and O–H groups in total. The number of hydrogen-bond acceptors (Lipinski definition) is 6. The number of aromatic carboxylic acids is 1. The molecule has 2 aromatic rings. The molecular weight excluding hydrogens is 564 g/mol. The number of halogens is 1. The summed E-state index contributed by atoms with van der Waals surface area (Å²) in [6.45, 7) is 5.25. The lowest BCUT2D eigenvalue weighted by atomic mass is 9.58. The summed E-state index contributed by atoms with van der Waals surface area (Å²) in [7, 11) is -3.64. The second-order valence-electron chi connectivity index (χ2n) is 12.3. The molecular formula is C31H39ClN2O6S. The van der Waals surface area contributed by atoms with E-state index >= 15 is 0 Å². The molecule has 1 fully saturated rings. The van der Waals surface area contributed by atoms with E-state index in [4.69, 9.17) is 21.5 Å². The van der Waals surface area contributed by atoms with Crippen LogP contribution in [0.4, 0.5) is 5.69 Å². The summed E-state index contributed by atoms with van der Waals surface area (Å²) in [4.78, 5) is 14.2. The van der Waals surface area contributed by atoms with Crippen molar-refractivity contribution in [1.82, 2.24) is 0 Å². The van der Waals surface area contributed by atoms with Gasteiger partial charge in [0.05, 0.1) is 34.2 Å². The minimum absolute atomic E-state index is 0.0299. The third kappa shape index (κ3) is 5.61. The average Bonchev–Trinajstić information content (AvgIpc) is 3.08. The number of nitrogens with two attached hydrogens (primary N) is 1. The molecule has 1 saturated carbocycles. The van der Waals surface area contributed by atoms with Crippen LogP contribution >= 0.6 is 11.6 Å². The Hall–Kier alpha value is -2.59. The third-order valence-electron chi connectivity index (χ3n) is 9.74. The highest BCUT2D eigenvalue weighted by Crippen LogP contribution is 2.53. The average molecular weight is 603 g/mol. The van der Waals surface area contributed by atoms with Crippen LogP contribution in [0.3, 0.4) is 0 Å². The van der Waals surface area contributed by atoms with Crippen molar-refractivity contribution in [2.45, 2.75) is 69.1 Å². The number of fused-ring (bicyclic) bond motifs is 3. The number of aryl methyl sites for hydroxylation is 1. The molecule has 5 atom stereocenters. The van der Waals surface area contributed by atoms with Crippen LogP contribution in [0.2, 0.25) is 5.02 Å². The van der Waals surface area contributed by atoms with Crippen molar-refractivity contribution >= 4 is 33.3 Å². The molecule has 2 unspecified atom stereocenters. The SMILES string of the molecule is CC(C/C=C/C(O)[C@@]1(C)CC[C@@H]1CN1C[C@@]2(CCCc3ccccc32)COc2ccc(C(=O)O)c(Cl)c21)S(N)(=O)=O. The number of rotatable bonds is 8. The van der Waals surface area contributed by atoms with Gasteiger partial charge in [-0.2, -0.15) is 0 Å². The third-order valence-corrected chi connectivity index (χ3v) is 11.4. The minimum atomic E-state index is -3.64. The smallest absolute Gasteiger partial charge is 0.337 e. The minimum Gasteiger partial charge on any atom is -0.490 e. The molecule has 8 nitrogen and oxygen atoms in total. The van der Waals surface area contributed by atoms with Crippen LogP contribution in [0, 0.1) is 11.3 Å². The lowest BCUT2D eigenvalue weighted by Gasteiger charge is -2.52. The van der Waals surface area contributed by atoms with E-state index in [2.05, 4.69) is 36.1 Å². The van der Waals surface area contributed by atoms with Gasteiger partial charge in [-0.15, -0.1) is 0 Å². The van der Waals surface area contributed by atoms with E-state index in [0.717, 1.165) is 32.1 Å². The standard InChI is InChI=1S/C31H39ClN2O6S/c1-20(41(33,38)39)7-5-11-26(35)30(2)16-14-22(30)17-34-18-31(15-6-9-21-8-3-4-10-24(21)31)19-40-25-13-12-23(29(36)37)27(32)28(25)34/h3-5,8,10-13,20,22,26,35H,6-7,9,14-19H2,1-2H3,(H,36,37)(H2,33,38,39)/b11-5+/t20?,22-,26?,30+,31+/m1/s1. The summed E-state index contributed by atoms with van der Waals surface area (Å²) < 4.78 is 29.6. The van der Waals surface area contributed by atoms with Crippen molar-refractivity contribution in [2.24, 2.45) is 16.5 Å². The molecule has 3 aliphatic rings. The molecule has 0 amide bonds. The maximum Gasteiger partial charge on any atom is 0.337 e. The molecule has 0 radical (unpaired) electrons. The molecule has 5 rings (SSSR count). The van der Waals surface area contributed by atoms with E-state index in [0.29, 0.717) is 31.1 Å². The summed E-state index contributed by atoms with van der Waals surface area (Å²) in [5.74, 6) is -0.440. The fraction of sp³-hybridized carbons (Fsp3) is 0.516. The number of carboxylic acid groups (broad SMARTS) is 1. The van der Waals surface area contributed by atoms with Crippen LogP contribution in [-0.4, -0.2) is 55.7 Å². The summed E-state index contributed by atoms with van der Waals surface area (Å²) in [6.07, 6.45) is 7.50. The Balaban J connectivity index is 1.47. The van der Waals surface area contributed by atoms with Crippen LogP contribution in [-0.2, 0) is 21.9 Å². The topological polar surface area (TPSA) is 130 Å². The Labute approximate surface area is 247 Å². The molecule has 222 valence electrons. The number of carboxylic acids is 1. The molecule has 1 heterocycles. The highest BCUT2D eigenvalue weighted by molar-refractivity contribution is 7.89.